The molecule has 0 N–H and O–H groups in total. The van der Waals surface area contributed by atoms with E-state index in [9.17, 15) is 4.39 Å². The van der Waals surface area contributed by atoms with Crippen LogP contribution in [0.4, 0.5) is 4.39 Å². The molecule has 0 aromatic heterocycles. The van der Waals surface area contributed by atoms with E-state index in [0.29, 0.717) is 6.54 Å². The molecular formula is C11H13BrFNO. The minimum atomic E-state index is -0.143. The molecule has 0 aliphatic carbocycles. The Hall–Kier alpha value is -0.450. The van der Waals surface area contributed by atoms with Crippen molar-refractivity contribution < 1.29 is 9.13 Å². The zero-order chi connectivity index (χ0) is 10.7. The number of hydrogen-bond acceptors (Lipinski definition) is 2. The van der Waals surface area contributed by atoms with Crippen LogP contribution in [0.5, 0.6) is 0 Å². The molecule has 1 aliphatic rings. The largest absolute Gasteiger partial charge is 0.379 e. The number of hydrogen-bond donors (Lipinski definition) is 0. The minimum absolute atomic E-state index is 0.143. The van der Waals surface area contributed by atoms with Crippen molar-refractivity contribution in [2.45, 2.75) is 6.54 Å². The predicted octanol–water partition coefficient (Wildman–Crippen LogP) is 2.42. The summed E-state index contributed by atoms with van der Waals surface area (Å²) in [6, 6.07) is 5.21. The first-order chi connectivity index (χ1) is 7.25. The number of rotatable bonds is 2. The van der Waals surface area contributed by atoms with Gasteiger partial charge in [0.15, 0.2) is 0 Å². The number of benzene rings is 1. The fourth-order valence-electron chi connectivity index (χ4n) is 1.65. The first-order valence-corrected chi connectivity index (χ1v) is 5.79. The summed E-state index contributed by atoms with van der Waals surface area (Å²) in [5.74, 6) is -0.143. The van der Waals surface area contributed by atoms with Crippen LogP contribution in [0.1, 0.15) is 5.56 Å². The highest BCUT2D eigenvalue weighted by Gasteiger charge is 2.12. The quantitative estimate of drug-likeness (QED) is 0.821. The fraction of sp³-hybridized carbons (Fsp3) is 0.455. The Labute approximate surface area is 97.2 Å². The second-order valence-electron chi connectivity index (χ2n) is 3.62. The Morgan fingerprint density at radius 2 is 2.07 bits per heavy atom. The lowest BCUT2D eigenvalue weighted by Gasteiger charge is -2.26. The normalized spacial score (nSPS) is 18.0. The van der Waals surface area contributed by atoms with Crippen LogP contribution >= 0.6 is 15.9 Å². The molecule has 2 rings (SSSR count). The van der Waals surface area contributed by atoms with Crippen LogP contribution in [0.25, 0.3) is 0 Å². The second kappa shape index (κ2) is 5.05. The third-order valence-electron chi connectivity index (χ3n) is 2.51. The van der Waals surface area contributed by atoms with Crippen molar-refractivity contribution in [3.05, 3.63) is 34.1 Å². The summed E-state index contributed by atoms with van der Waals surface area (Å²) in [7, 11) is 0. The molecule has 0 atom stereocenters. The summed E-state index contributed by atoms with van der Waals surface area (Å²) < 4.78 is 19.5. The van der Waals surface area contributed by atoms with Crippen molar-refractivity contribution >= 4 is 15.9 Å². The van der Waals surface area contributed by atoms with E-state index in [4.69, 9.17) is 4.74 Å². The number of morpholine rings is 1. The summed E-state index contributed by atoms with van der Waals surface area (Å²) >= 11 is 3.25. The molecule has 0 amide bonds. The summed E-state index contributed by atoms with van der Waals surface area (Å²) in [6.45, 7) is 3.93. The summed E-state index contributed by atoms with van der Waals surface area (Å²) in [5, 5.41) is 0. The van der Waals surface area contributed by atoms with Gasteiger partial charge in [0.1, 0.15) is 5.82 Å². The Morgan fingerprint density at radius 1 is 1.33 bits per heavy atom. The molecule has 82 valence electrons. The van der Waals surface area contributed by atoms with E-state index in [1.165, 1.54) is 6.07 Å². The molecule has 1 fully saturated rings. The zero-order valence-corrected chi connectivity index (χ0v) is 9.96. The van der Waals surface area contributed by atoms with Gasteiger partial charge in [0.2, 0.25) is 0 Å². The lowest BCUT2D eigenvalue weighted by molar-refractivity contribution is 0.0337. The van der Waals surface area contributed by atoms with E-state index in [0.717, 1.165) is 36.3 Å². The fourth-order valence-corrected chi connectivity index (χ4v) is 1.98. The van der Waals surface area contributed by atoms with Crippen molar-refractivity contribution in [2.75, 3.05) is 26.3 Å². The van der Waals surface area contributed by atoms with Gasteiger partial charge < -0.3 is 4.74 Å². The van der Waals surface area contributed by atoms with Gasteiger partial charge in [-0.1, -0.05) is 22.0 Å². The van der Waals surface area contributed by atoms with E-state index in [1.807, 2.05) is 12.1 Å². The molecule has 1 aliphatic heterocycles. The Morgan fingerprint density at radius 3 is 2.73 bits per heavy atom. The molecule has 0 bridgehead atoms. The van der Waals surface area contributed by atoms with Gasteiger partial charge in [-0.05, 0) is 12.1 Å². The number of ether oxygens (including phenoxy) is 1. The monoisotopic (exact) mass is 273 g/mol. The third kappa shape index (κ3) is 3.00. The van der Waals surface area contributed by atoms with Crippen molar-refractivity contribution in [3.8, 4) is 0 Å². The van der Waals surface area contributed by atoms with Crippen molar-refractivity contribution in [1.29, 1.82) is 0 Å². The average molecular weight is 274 g/mol. The molecule has 2 nitrogen and oxygen atoms in total. The minimum Gasteiger partial charge on any atom is -0.379 e. The van der Waals surface area contributed by atoms with Crippen LogP contribution in [-0.2, 0) is 11.3 Å². The standard InChI is InChI=1S/C11H13BrFNO/c12-10-2-1-9(11(13)7-10)8-14-3-5-15-6-4-14/h1-2,7H,3-6,8H2. The van der Waals surface area contributed by atoms with E-state index in [-0.39, 0.29) is 5.82 Å². The molecule has 1 heterocycles. The highest BCUT2D eigenvalue weighted by Crippen LogP contribution is 2.17. The van der Waals surface area contributed by atoms with E-state index in [2.05, 4.69) is 20.8 Å². The van der Waals surface area contributed by atoms with Crippen LogP contribution in [0, 0.1) is 5.82 Å². The summed E-state index contributed by atoms with van der Waals surface area (Å²) in [5.41, 5.74) is 0.750. The molecule has 15 heavy (non-hydrogen) atoms. The zero-order valence-electron chi connectivity index (χ0n) is 8.38. The van der Waals surface area contributed by atoms with Crippen molar-refractivity contribution in [3.63, 3.8) is 0 Å². The Kier molecular flexibility index (Phi) is 3.72. The van der Waals surface area contributed by atoms with Gasteiger partial charge >= 0.3 is 0 Å². The Balaban J connectivity index is 2.03. The highest BCUT2D eigenvalue weighted by molar-refractivity contribution is 9.10. The Bertz CT molecular complexity index is 339. The van der Waals surface area contributed by atoms with Crippen LogP contribution < -0.4 is 0 Å². The van der Waals surface area contributed by atoms with E-state index >= 15 is 0 Å². The van der Waals surface area contributed by atoms with Crippen LogP contribution in [0.3, 0.4) is 0 Å². The average Bonchev–Trinajstić information content (AvgIpc) is 2.24. The van der Waals surface area contributed by atoms with Gasteiger partial charge in [0.25, 0.3) is 0 Å². The highest BCUT2D eigenvalue weighted by atomic mass is 79.9. The van der Waals surface area contributed by atoms with Gasteiger partial charge in [0.05, 0.1) is 13.2 Å². The summed E-state index contributed by atoms with van der Waals surface area (Å²) in [6.07, 6.45) is 0. The lowest BCUT2D eigenvalue weighted by Crippen LogP contribution is -2.35. The molecule has 0 spiro atoms. The molecule has 1 aromatic rings. The van der Waals surface area contributed by atoms with Gasteiger partial charge in [-0.25, -0.2) is 4.39 Å². The lowest BCUT2D eigenvalue weighted by atomic mass is 10.2. The molecular weight excluding hydrogens is 261 g/mol. The maximum Gasteiger partial charge on any atom is 0.128 e. The van der Waals surface area contributed by atoms with Gasteiger partial charge in [0, 0.05) is 29.7 Å². The molecule has 0 radical (unpaired) electrons. The van der Waals surface area contributed by atoms with Crippen molar-refractivity contribution in [1.82, 2.24) is 4.90 Å². The first-order valence-electron chi connectivity index (χ1n) is 5.00. The number of halogens is 2. The van der Waals surface area contributed by atoms with Gasteiger partial charge in [-0.2, -0.15) is 0 Å². The third-order valence-corrected chi connectivity index (χ3v) is 3.01. The molecule has 0 saturated carbocycles. The van der Waals surface area contributed by atoms with Crippen molar-refractivity contribution in [2.24, 2.45) is 0 Å². The SMILES string of the molecule is Fc1cc(Br)ccc1CN1CCOCC1. The molecule has 0 unspecified atom stereocenters. The molecule has 1 aromatic carbocycles. The first kappa shape index (κ1) is 11.0. The van der Waals surface area contributed by atoms with Gasteiger partial charge in [-0.3, -0.25) is 4.90 Å². The maximum absolute atomic E-state index is 13.5. The van der Waals surface area contributed by atoms with Gasteiger partial charge in [-0.15, -0.1) is 0 Å². The topological polar surface area (TPSA) is 12.5 Å². The van der Waals surface area contributed by atoms with E-state index in [1.54, 1.807) is 0 Å². The summed E-state index contributed by atoms with van der Waals surface area (Å²) in [4.78, 5) is 2.20. The van der Waals surface area contributed by atoms with Crippen LogP contribution in [0.15, 0.2) is 22.7 Å². The maximum atomic E-state index is 13.5. The van der Waals surface area contributed by atoms with Crippen LogP contribution in [0.2, 0.25) is 0 Å². The van der Waals surface area contributed by atoms with Crippen LogP contribution in [-0.4, -0.2) is 31.2 Å². The van der Waals surface area contributed by atoms with E-state index < -0.39 is 0 Å². The smallest absolute Gasteiger partial charge is 0.128 e. The molecule has 4 heteroatoms. The second-order valence-corrected chi connectivity index (χ2v) is 4.54. The predicted molar refractivity (Wildman–Crippen MR) is 60.2 cm³/mol. The number of nitrogens with zero attached hydrogens (tertiary/aromatic N) is 1. The molecule has 1 saturated heterocycles.